The highest BCUT2D eigenvalue weighted by Crippen LogP contribution is 2.37. The van der Waals surface area contributed by atoms with Crippen molar-refractivity contribution in [2.75, 3.05) is 13.7 Å². The van der Waals surface area contributed by atoms with Crippen LogP contribution in [0.5, 0.6) is 5.75 Å². The normalized spacial score (nSPS) is 18.5. The molecule has 4 rings (SSSR count). The number of esters is 1. The van der Waals surface area contributed by atoms with Gasteiger partial charge in [-0.05, 0) is 43.0 Å². The molecule has 3 atom stereocenters. The summed E-state index contributed by atoms with van der Waals surface area (Å²) in [6.07, 6.45) is 4.52. The number of fused-ring (bicyclic) bond motifs is 1. The quantitative estimate of drug-likeness (QED) is 0.362. The minimum atomic E-state index is -0.476. The summed E-state index contributed by atoms with van der Waals surface area (Å²) in [6, 6.07) is 15.0. The number of allylic oxidation sites excluding steroid dienone is 1. The third kappa shape index (κ3) is 4.52. The van der Waals surface area contributed by atoms with E-state index in [9.17, 15) is 9.59 Å². The zero-order valence-corrected chi connectivity index (χ0v) is 19.4. The Balaban J connectivity index is 1.51. The molecule has 0 fully saturated rings. The molecule has 0 saturated heterocycles. The number of nitrogens with one attached hydrogen (secondary N) is 1. The van der Waals surface area contributed by atoms with E-state index in [0.717, 1.165) is 15.6 Å². The number of ether oxygens (including phenoxy) is 2. The van der Waals surface area contributed by atoms with Gasteiger partial charge in [-0.1, -0.05) is 54.1 Å². The predicted octanol–water partition coefficient (Wildman–Crippen LogP) is 5.58. The van der Waals surface area contributed by atoms with E-state index in [1.165, 1.54) is 11.3 Å². The first kappa shape index (κ1) is 22.4. The molecule has 0 bridgehead atoms. The topological polar surface area (TPSA) is 64.6 Å². The second kappa shape index (κ2) is 9.76. The zero-order valence-electron chi connectivity index (χ0n) is 17.8. The van der Waals surface area contributed by atoms with Gasteiger partial charge in [0.15, 0.2) is 0 Å². The Hall–Kier alpha value is -2.83. The van der Waals surface area contributed by atoms with Crippen LogP contribution >= 0.6 is 22.9 Å². The number of hydrogen-bond acceptors (Lipinski definition) is 5. The lowest BCUT2D eigenvalue weighted by molar-refractivity contribution is -0.146. The lowest BCUT2D eigenvalue weighted by atomic mass is 9.85. The summed E-state index contributed by atoms with van der Waals surface area (Å²) < 4.78 is 11.7. The molecular formula is C25H24ClNO4S. The number of halogens is 1. The van der Waals surface area contributed by atoms with Crippen LogP contribution in [0.2, 0.25) is 5.02 Å². The van der Waals surface area contributed by atoms with Crippen molar-refractivity contribution in [2.45, 2.75) is 25.3 Å². The fraction of sp³-hybridized carbons (Fsp3) is 0.280. The van der Waals surface area contributed by atoms with Gasteiger partial charge in [-0.2, -0.15) is 0 Å². The average Bonchev–Trinajstić information content (AvgIpc) is 3.39. The molecule has 1 N–H and O–H groups in total. The molecule has 7 heteroatoms. The van der Waals surface area contributed by atoms with Crippen LogP contribution in [0, 0.1) is 5.92 Å². The van der Waals surface area contributed by atoms with Gasteiger partial charge in [0.05, 0.1) is 24.7 Å². The molecule has 0 saturated carbocycles. The monoisotopic (exact) mass is 469 g/mol. The number of carbonyl (C=O) groups excluding carboxylic acids is 2. The van der Waals surface area contributed by atoms with Crippen molar-refractivity contribution in [3.05, 3.63) is 76.1 Å². The Morgan fingerprint density at radius 2 is 2.00 bits per heavy atom. The zero-order chi connectivity index (χ0) is 22.7. The van der Waals surface area contributed by atoms with Crippen LogP contribution < -0.4 is 10.1 Å². The first-order valence-electron chi connectivity index (χ1n) is 10.5. The molecule has 1 heterocycles. The van der Waals surface area contributed by atoms with Crippen LogP contribution in [0.15, 0.2) is 60.7 Å². The Labute approximate surface area is 196 Å². The Bertz CT molecular complexity index is 1170. The SMILES string of the molecule is CCOC(=O)[C@H](c1cccc(OC)c1)[C@@H]1C=C[C@@H](NC(=O)c2sc3ccccc3c2Cl)C1. The molecule has 32 heavy (non-hydrogen) atoms. The maximum Gasteiger partial charge on any atom is 0.314 e. The van der Waals surface area contributed by atoms with Gasteiger partial charge in [0.1, 0.15) is 10.6 Å². The van der Waals surface area contributed by atoms with Crippen molar-refractivity contribution in [1.29, 1.82) is 0 Å². The van der Waals surface area contributed by atoms with Crippen LogP contribution in [-0.2, 0) is 9.53 Å². The fourth-order valence-electron chi connectivity index (χ4n) is 4.10. The highest BCUT2D eigenvalue weighted by molar-refractivity contribution is 7.21. The van der Waals surface area contributed by atoms with Crippen molar-refractivity contribution >= 4 is 44.9 Å². The number of carbonyl (C=O) groups is 2. The number of benzene rings is 2. The maximum absolute atomic E-state index is 12.9. The average molecular weight is 470 g/mol. The molecular weight excluding hydrogens is 446 g/mol. The largest absolute Gasteiger partial charge is 0.497 e. The molecule has 0 aliphatic heterocycles. The summed E-state index contributed by atoms with van der Waals surface area (Å²) in [5.41, 5.74) is 0.831. The number of amides is 1. The summed E-state index contributed by atoms with van der Waals surface area (Å²) >= 11 is 7.84. The summed E-state index contributed by atoms with van der Waals surface area (Å²) in [4.78, 5) is 26.3. The van der Waals surface area contributed by atoms with E-state index >= 15 is 0 Å². The number of hydrogen-bond donors (Lipinski definition) is 1. The lowest BCUT2D eigenvalue weighted by Crippen LogP contribution is -2.33. The van der Waals surface area contributed by atoms with Gasteiger partial charge in [-0.25, -0.2) is 0 Å². The van der Waals surface area contributed by atoms with Crippen molar-refractivity contribution in [3.8, 4) is 5.75 Å². The van der Waals surface area contributed by atoms with E-state index in [1.807, 2.05) is 60.7 Å². The van der Waals surface area contributed by atoms with Crippen LogP contribution in [0.4, 0.5) is 0 Å². The molecule has 0 spiro atoms. The van der Waals surface area contributed by atoms with Crippen molar-refractivity contribution in [1.82, 2.24) is 5.32 Å². The highest BCUT2D eigenvalue weighted by Gasteiger charge is 2.35. The van der Waals surface area contributed by atoms with E-state index in [-0.39, 0.29) is 23.8 Å². The molecule has 166 valence electrons. The summed E-state index contributed by atoms with van der Waals surface area (Å²) in [6.45, 7) is 2.10. The van der Waals surface area contributed by atoms with E-state index in [4.69, 9.17) is 21.1 Å². The second-order valence-corrected chi connectivity index (χ2v) is 9.04. The predicted molar refractivity (Wildman–Crippen MR) is 128 cm³/mol. The minimum Gasteiger partial charge on any atom is -0.497 e. The Morgan fingerprint density at radius 1 is 1.19 bits per heavy atom. The van der Waals surface area contributed by atoms with Crippen molar-refractivity contribution in [3.63, 3.8) is 0 Å². The van der Waals surface area contributed by atoms with Crippen molar-refractivity contribution in [2.24, 2.45) is 5.92 Å². The standard InChI is InChI=1S/C25H24ClNO4S/c1-3-31-25(29)21(15-7-6-8-18(14-15)30-2)16-11-12-17(13-16)27-24(28)23-22(26)19-9-4-5-10-20(19)32-23/h4-12,14,16-17,21H,3,13H2,1-2H3,(H,27,28)/t16-,17-,21-/m1/s1. The van der Waals surface area contributed by atoms with Gasteiger partial charge in [0.2, 0.25) is 0 Å². The third-order valence-corrected chi connectivity index (χ3v) is 7.27. The molecule has 5 nitrogen and oxygen atoms in total. The van der Waals surface area contributed by atoms with Gasteiger partial charge >= 0.3 is 5.97 Å². The maximum atomic E-state index is 12.9. The smallest absolute Gasteiger partial charge is 0.314 e. The first-order valence-corrected chi connectivity index (χ1v) is 11.7. The molecule has 1 aliphatic rings. The number of thiophene rings is 1. The lowest BCUT2D eigenvalue weighted by Gasteiger charge is -2.23. The van der Waals surface area contributed by atoms with Gasteiger partial charge < -0.3 is 14.8 Å². The number of rotatable bonds is 7. The molecule has 3 aromatic rings. The molecule has 1 amide bonds. The van der Waals surface area contributed by atoms with Gasteiger partial charge in [-0.3, -0.25) is 9.59 Å². The van der Waals surface area contributed by atoms with Gasteiger partial charge in [0, 0.05) is 16.1 Å². The van der Waals surface area contributed by atoms with E-state index < -0.39 is 5.92 Å². The van der Waals surface area contributed by atoms with Crippen LogP contribution in [0.1, 0.15) is 34.5 Å². The van der Waals surface area contributed by atoms with E-state index in [1.54, 1.807) is 14.0 Å². The summed E-state index contributed by atoms with van der Waals surface area (Å²) in [5.74, 6) is -0.390. The first-order chi connectivity index (χ1) is 15.5. The highest BCUT2D eigenvalue weighted by atomic mass is 35.5. The van der Waals surface area contributed by atoms with E-state index in [0.29, 0.717) is 28.7 Å². The van der Waals surface area contributed by atoms with E-state index in [2.05, 4.69) is 5.32 Å². The third-order valence-electron chi connectivity index (χ3n) is 5.60. The van der Waals surface area contributed by atoms with Crippen LogP contribution in [0.3, 0.4) is 0 Å². The van der Waals surface area contributed by atoms with Crippen molar-refractivity contribution < 1.29 is 19.1 Å². The molecule has 1 aromatic heterocycles. The summed E-state index contributed by atoms with van der Waals surface area (Å²) in [7, 11) is 1.60. The van der Waals surface area contributed by atoms with Crippen LogP contribution in [-0.4, -0.2) is 31.6 Å². The minimum absolute atomic E-state index is 0.107. The van der Waals surface area contributed by atoms with Gasteiger partial charge in [0.25, 0.3) is 5.91 Å². The van der Waals surface area contributed by atoms with Gasteiger partial charge in [-0.15, -0.1) is 11.3 Å². The second-order valence-electron chi connectivity index (χ2n) is 7.61. The number of methoxy groups -OCH3 is 1. The Morgan fingerprint density at radius 3 is 2.75 bits per heavy atom. The molecule has 0 radical (unpaired) electrons. The summed E-state index contributed by atoms with van der Waals surface area (Å²) in [5, 5.41) is 4.40. The molecule has 2 aromatic carbocycles. The molecule has 0 unspecified atom stereocenters. The van der Waals surface area contributed by atoms with Crippen LogP contribution in [0.25, 0.3) is 10.1 Å². The Kier molecular flexibility index (Phi) is 6.82. The molecule has 1 aliphatic carbocycles. The fourth-order valence-corrected chi connectivity index (χ4v) is 5.52.